The van der Waals surface area contributed by atoms with Crippen LogP contribution in [0.5, 0.6) is 17.2 Å². The number of aryl methyl sites for hydroxylation is 1. The van der Waals surface area contributed by atoms with E-state index < -0.39 is 61.4 Å². The fourth-order valence-corrected chi connectivity index (χ4v) is 9.56. The van der Waals surface area contributed by atoms with Crippen LogP contribution in [0.4, 0.5) is 11.4 Å². The molecule has 0 radical (unpaired) electrons. The van der Waals surface area contributed by atoms with Crippen LogP contribution in [0, 0.1) is 27.2 Å². The average molecular weight is 1060 g/mol. The number of methoxy groups -OCH3 is 1. The first kappa shape index (κ1) is 52.8. The number of likely N-dealkylation sites (tertiary alicyclic amines) is 1. The van der Waals surface area contributed by atoms with Crippen molar-refractivity contribution < 1.29 is 57.5 Å². The monoisotopic (exact) mass is 1060 g/mol. The zero-order chi connectivity index (χ0) is 54.8. The Bertz CT molecular complexity index is 3530. The molecule has 0 bridgehead atoms. The SMILES string of the molecule is CO[C@@]1(NC(=O)Cc2ccccc2)C(=O)N(/C(C(=O)O)=C(/COc2ccc(COc3ccc4c(-c5ccc(OCCNC(=O)c6cc([N+](=O)[O-])cc([N+](=O)[O-])c6)cc5C)c5ccc(=O)cc-5oc4c3)cc2)C2(S)CC2)[C@@H]1C. The molecule has 1 saturated heterocycles. The third-order valence-electron chi connectivity index (χ3n) is 13.5. The maximum atomic E-state index is 13.9. The van der Waals surface area contributed by atoms with Crippen LogP contribution in [-0.2, 0) is 32.1 Å². The van der Waals surface area contributed by atoms with E-state index in [1.54, 1.807) is 79.7 Å². The molecule has 21 heteroatoms. The van der Waals surface area contributed by atoms with Crippen molar-refractivity contribution in [2.45, 2.75) is 56.2 Å². The molecule has 2 atom stereocenters. The van der Waals surface area contributed by atoms with Crippen LogP contribution in [0.1, 0.15) is 46.8 Å². The van der Waals surface area contributed by atoms with Gasteiger partial charge in [0.1, 0.15) is 54.1 Å². The van der Waals surface area contributed by atoms with Gasteiger partial charge in [-0.1, -0.05) is 48.5 Å². The van der Waals surface area contributed by atoms with E-state index >= 15 is 0 Å². The lowest BCUT2D eigenvalue weighted by Crippen LogP contribution is -2.80. The zero-order valence-electron chi connectivity index (χ0n) is 41.6. The Morgan fingerprint density at radius 3 is 2.10 bits per heavy atom. The number of thiol groups is 1. The van der Waals surface area contributed by atoms with Crippen molar-refractivity contribution in [3.05, 3.63) is 191 Å². The van der Waals surface area contributed by atoms with Gasteiger partial charge in [-0.3, -0.25) is 44.3 Å². The molecular formula is C56H49N5O15S. The van der Waals surface area contributed by atoms with E-state index in [0.717, 1.165) is 56.3 Å². The lowest BCUT2D eigenvalue weighted by molar-refractivity contribution is -0.394. The summed E-state index contributed by atoms with van der Waals surface area (Å²) >= 11 is 4.81. The molecule has 77 heavy (non-hydrogen) atoms. The van der Waals surface area contributed by atoms with Gasteiger partial charge < -0.3 is 39.1 Å². The number of non-ortho nitro benzene ring substituents is 2. The lowest BCUT2D eigenvalue weighted by atomic mass is 9.88. The van der Waals surface area contributed by atoms with E-state index in [-0.39, 0.29) is 49.5 Å². The van der Waals surface area contributed by atoms with E-state index in [1.165, 1.54) is 19.2 Å². The molecule has 2 heterocycles. The number of amides is 3. The Morgan fingerprint density at radius 1 is 0.805 bits per heavy atom. The first-order valence-electron chi connectivity index (χ1n) is 24.1. The minimum atomic E-state index is -1.77. The second kappa shape index (κ2) is 21.6. The van der Waals surface area contributed by atoms with Gasteiger partial charge >= 0.3 is 5.97 Å². The number of nitro benzene ring substituents is 2. The molecule has 5 aromatic carbocycles. The summed E-state index contributed by atoms with van der Waals surface area (Å²) in [5.74, 6) is -1.55. The summed E-state index contributed by atoms with van der Waals surface area (Å²) in [6, 6.07) is 33.2. The number of carboxylic acid groups (broad SMARTS) is 1. The molecule has 2 fully saturated rings. The number of fused-ring (bicyclic) bond motifs is 2. The van der Waals surface area contributed by atoms with Crippen LogP contribution in [0.15, 0.2) is 148 Å². The molecule has 2 aliphatic heterocycles. The molecular weight excluding hydrogens is 1010 g/mol. The highest BCUT2D eigenvalue weighted by Crippen LogP contribution is 2.51. The van der Waals surface area contributed by atoms with Crippen LogP contribution < -0.4 is 30.3 Å². The van der Waals surface area contributed by atoms with Crippen molar-refractivity contribution in [1.29, 1.82) is 0 Å². The van der Waals surface area contributed by atoms with Gasteiger partial charge in [-0.15, -0.1) is 0 Å². The molecule has 3 N–H and O–H groups in total. The minimum Gasteiger partial charge on any atom is -0.492 e. The number of benzene rings is 6. The largest absolute Gasteiger partial charge is 0.492 e. The minimum absolute atomic E-state index is 0.00707. The number of carbonyl (C=O) groups excluding carboxylic acids is 3. The van der Waals surface area contributed by atoms with Gasteiger partial charge in [0, 0.05) is 58.2 Å². The van der Waals surface area contributed by atoms with E-state index in [4.69, 9.17) is 36.0 Å². The van der Waals surface area contributed by atoms with Gasteiger partial charge in [0.2, 0.25) is 11.6 Å². The number of hydrogen-bond acceptors (Lipinski definition) is 15. The smallest absolute Gasteiger partial charge is 0.352 e. The highest BCUT2D eigenvalue weighted by molar-refractivity contribution is 7.82. The third-order valence-corrected chi connectivity index (χ3v) is 14.2. The quantitative estimate of drug-likeness (QED) is 0.00772. The lowest BCUT2D eigenvalue weighted by Gasteiger charge is -2.53. The molecule has 0 spiro atoms. The number of carboxylic acids is 1. The summed E-state index contributed by atoms with van der Waals surface area (Å²) < 4.78 is 29.3. The Labute approximate surface area is 444 Å². The Kier molecular flexibility index (Phi) is 14.8. The number of hydrogen-bond donors (Lipinski definition) is 4. The fraction of sp³-hybridized carbons (Fsp3) is 0.232. The predicted octanol–water partition coefficient (Wildman–Crippen LogP) is 8.19. The van der Waals surface area contributed by atoms with E-state index in [0.29, 0.717) is 52.6 Å². The number of rotatable bonds is 21. The zero-order valence-corrected chi connectivity index (χ0v) is 42.5. The van der Waals surface area contributed by atoms with Crippen molar-refractivity contribution in [2.75, 3.05) is 26.9 Å². The van der Waals surface area contributed by atoms with Crippen molar-refractivity contribution in [3.8, 4) is 39.7 Å². The van der Waals surface area contributed by atoms with Crippen LogP contribution in [-0.4, -0.2) is 86.9 Å². The van der Waals surface area contributed by atoms with Gasteiger partial charge in [0.25, 0.3) is 23.2 Å². The molecule has 9 rings (SSSR count). The molecule has 394 valence electrons. The molecule has 5 aromatic rings. The second-order valence-electron chi connectivity index (χ2n) is 18.5. The average Bonchev–Trinajstić information content (AvgIpc) is 4.36. The number of nitrogens with one attached hydrogen (secondary N) is 2. The number of carbonyl (C=O) groups is 4. The van der Waals surface area contributed by atoms with Gasteiger partial charge in [0.15, 0.2) is 5.43 Å². The highest BCUT2D eigenvalue weighted by atomic mass is 32.1. The highest BCUT2D eigenvalue weighted by Gasteiger charge is 2.64. The maximum Gasteiger partial charge on any atom is 0.352 e. The molecule has 3 amide bonds. The summed E-state index contributed by atoms with van der Waals surface area (Å²) in [6.07, 6.45) is 1.12. The van der Waals surface area contributed by atoms with Crippen molar-refractivity contribution in [1.82, 2.24) is 15.5 Å². The fourth-order valence-electron chi connectivity index (χ4n) is 9.28. The summed E-state index contributed by atoms with van der Waals surface area (Å²) in [5, 5.41) is 39.1. The van der Waals surface area contributed by atoms with Gasteiger partial charge in [-0.2, -0.15) is 12.6 Å². The number of nitro groups is 2. The second-order valence-corrected chi connectivity index (χ2v) is 19.4. The molecule has 4 aliphatic rings. The topological polar surface area (TPSA) is 269 Å². The molecule has 2 aliphatic carbocycles. The van der Waals surface area contributed by atoms with Crippen molar-refractivity contribution in [2.24, 2.45) is 0 Å². The standard InChI is InChI=1S/C56H49N5O15S/c1-32-23-41(73-22-21-57-52(64)36-25-37(60(68)69)27-38(26-36)61(70)71)14-17-43(32)50-44-16-11-39(62)28-47(44)76-48-29-42(15-18-45(48)50)74-30-35-9-12-40(13-10-35)75-31-46(55(77)19-20-55)51(53(65)66)59-33(2)56(72-3,54(59)67)58-49(63)24-34-7-5-4-6-8-34/h4-18,23,25-29,33,77H,19-22,24,30-31H2,1-3H3,(H,57,64)(H,58,63)(H,65,66)/b51-46-/t33-,56-/m1/s1. The number of nitrogens with zero attached hydrogens (tertiary/aromatic N) is 3. The first-order valence-corrected chi connectivity index (χ1v) is 24.6. The van der Waals surface area contributed by atoms with Crippen LogP contribution >= 0.6 is 12.6 Å². The summed E-state index contributed by atoms with van der Waals surface area (Å²) in [7, 11) is 1.29. The van der Waals surface area contributed by atoms with E-state index in [1.807, 2.05) is 31.2 Å². The Hall–Kier alpha value is -9.08. The molecule has 20 nitrogen and oxygen atoms in total. The summed E-state index contributed by atoms with van der Waals surface area (Å²) in [6.45, 7) is 3.46. The van der Waals surface area contributed by atoms with Crippen LogP contribution in [0.3, 0.4) is 0 Å². The van der Waals surface area contributed by atoms with Crippen molar-refractivity contribution in [3.63, 3.8) is 0 Å². The first-order chi connectivity index (χ1) is 36.9. The van der Waals surface area contributed by atoms with E-state index in [9.17, 15) is 49.3 Å². The Morgan fingerprint density at radius 2 is 1.47 bits per heavy atom. The van der Waals surface area contributed by atoms with Gasteiger partial charge in [0.05, 0.1) is 40.5 Å². The maximum absolute atomic E-state index is 13.9. The molecule has 0 unspecified atom stereocenters. The van der Waals surface area contributed by atoms with E-state index in [2.05, 4.69) is 10.6 Å². The van der Waals surface area contributed by atoms with Crippen molar-refractivity contribution >= 4 is 58.7 Å². The van der Waals surface area contributed by atoms with Crippen LogP contribution in [0.25, 0.3) is 33.4 Å². The Balaban J connectivity index is 0.856. The van der Waals surface area contributed by atoms with Crippen LogP contribution in [0.2, 0.25) is 0 Å². The molecule has 1 saturated carbocycles. The molecule has 0 aromatic heterocycles. The van der Waals surface area contributed by atoms with Gasteiger partial charge in [-0.25, -0.2) is 4.79 Å². The number of aliphatic carboxylic acids is 1. The normalized spacial score (nSPS) is 16.7. The summed E-state index contributed by atoms with van der Waals surface area (Å²) in [5.41, 5.74) is 1.67. The third kappa shape index (κ3) is 11.0. The number of ether oxygens (including phenoxy) is 4. The predicted molar refractivity (Wildman–Crippen MR) is 283 cm³/mol. The number of β-lactam (4-membered cyclic amide) rings is 1. The summed E-state index contributed by atoms with van der Waals surface area (Å²) in [4.78, 5) is 87.3. The van der Waals surface area contributed by atoms with Gasteiger partial charge in [-0.05, 0) is 97.5 Å².